The monoisotopic (exact) mass is 429 g/mol. The largest absolute Gasteiger partial charge is 0.357 e. The van der Waals surface area contributed by atoms with E-state index in [1.54, 1.807) is 11.3 Å². The first-order chi connectivity index (χ1) is 14.6. The minimum atomic E-state index is -0.130. The van der Waals surface area contributed by atoms with Crippen LogP contribution in [0.3, 0.4) is 0 Å². The maximum absolute atomic E-state index is 12.4. The molecule has 6 nitrogen and oxygen atoms in total. The van der Waals surface area contributed by atoms with Crippen molar-refractivity contribution in [2.75, 3.05) is 37.6 Å². The zero-order chi connectivity index (χ0) is 21.3. The SMILES string of the molecule is CCN(CC)c1ccc(CNC(=O)NCC(c2cccs2)N2CCC(C)CC2)cn1. The van der Waals surface area contributed by atoms with E-state index < -0.39 is 0 Å². The molecule has 0 bridgehead atoms. The van der Waals surface area contributed by atoms with Crippen LogP contribution in [0.25, 0.3) is 0 Å². The van der Waals surface area contributed by atoms with Crippen molar-refractivity contribution in [1.82, 2.24) is 20.5 Å². The van der Waals surface area contributed by atoms with Crippen LogP contribution in [0.5, 0.6) is 0 Å². The molecule has 2 amide bonds. The molecule has 2 N–H and O–H groups in total. The van der Waals surface area contributed by atoms with Crippen molar-refractivity contribution in [3.63, 3.8) is 0 Å². The molecule has 0 spiro atoms. The molecule has 1 atom stereocenters. The van der Waals surface area contributed by atoms with Gasteiger partial charge in [0.25, 0.3) is 0 Å². The van der Waals surface area contributed by atoms with Crippen LogP contribution in [-0.4, -0.2) is 48.6 Å². The second-order valence-electron chi connectivity index (χ2n) is 8.01. The van der Waals surface area contributed by atoms with E-state index in [9.17, 15) is 4.79 Å². The van der Waals surface area contributed by atoms with Crippen LogP contribution >= 0.6 is 11.3 Å². The highest BCUT2D eigenvalue weighted by molar-refractivity contribution is 7.10. The van der Waals surface area contributed by atoms with Gasteiger partial charge in [-0.2, -0.15) is 0 Å². The first kappa shape index (κ1) is 22.6. The number of nitrogens with zero attached hydrogens (tertiary/aromatic N) is 3. The Bertz CT molecular complexity index is 752. The summed E-state index contributed by atoms with van der Waals surface area (Å²) >= 11 is 1.77. The lowest BCUT2D eigenvalue weighted by Crippen LogP contribution is -2.44. The summed E-state index contributed by atoms with van der Waals surface area (Å²) in [6, 6.07) is 8.44. The number of hydrogen-bond acceptors (Lipinski definition) is 5. The van der Waals surface area contributed by atoms with Crippen molar-refractivity contribution in [3.8, 4) is 0 Å². The number of hydrogen-bond donors (Lipinski definition) is 2. The number of nitrogens with one attached hydrogen (secondary N) is 2. The Hall–Kier alpha value is -2.12. The van der Waals surface area contributed by atoms with Gasteiger partial charge in [-0.3, -0.25) is 4.90 Å². The third-order valence-electron chi connectivity index (χ3n) is 5.94. The van der Waals surface area contributed by atoms with Crippen molar-refractivity contribution in [3.05, 3.63) is 46.3 Å². The quantitative estimate of drug-likeness (QED) is 0.625. The van der Waals surface area contributed by atoms with Gasteiger partial charge in [-0.25, -0.2) is 9.78 Å². The summed E-state index contributed by atoms with van der Waals surface area (Å²) in [5.41, 5.74) is 1.00. The number of piperidine rings is 1. The maximum atomic E-state index is 12.4. The summed E-state index contributed by atoms with van der Waals surface area (Å²) in [5.74, 6) is 1.77. The Kier molecular flexibility index (Phi) is 8.51. The van der Waals surface area contributed by atoms with E-state index in [-0.39, 0.29) is 12.1 Å². The molecule has 0 aliphatic carbocycles. The topological polar surface area (TPSA) is 60.5 Å². The molecular formula is C23H35N5OS. The molecule has 0 aromatic carbocycles. The van der Waals surface area contributed by atoms with E-state index in [2.05, 4.69) is 63.7 Å². The zero-order valence-electron chi connectivity index (χ0n) is 18.4. The molecule has 1 fully saturated rings. The number of rotatable bonds is 9. The number of anilines is 1. The first-order valence-electron chi connectivity index (χ1n) is 11.1. The number of pyridine rings is 1. The maximum Gasteiger partial charge on any atom is 0.315 e. The van der Waals surface area contributed by atoms with Crippen molar-refractivity contribution in [2.45, 2.75) is 46.2 Å². The van der Waals surface area contributed by atoms with Gasteiger partial charge in [0.15, 0.2) is 0 Å². The van der Waals surface area contributed by atoms with Gasteiger partial charge in [0.05, 0.1) is 6.04 Å². The van der Waals surface area contributed by atoms with Gasteiger partial charge in [0.1, 0.15) is 5.82 Å². The summed E-state index contributed by atoms with van der Waals surface area (Å²) < 4.78 is 0. The molecular weight excluding hydrogens is 394 g/mol. The number of carbonyl (C=O) groups is 1. The molecule has 3 heterocycles. The van der Waals surface area contributed by atoms with Crippen molar-refractivity contribution < 1.29 is 4.79 Å². The van der Waals surface area contributed by atoms with Crippen LogP contribution in [-0.2, 0) is 6.54 Å². The molecule has 30 heavy (non-hydrogen) atoms. The van der Waals surface area contributed by atoms with E-state index in [0.717, 1.165) is 43.5 Å². The lowest BCUT2D eigenvalue weighted by molar-refractivity contribution is 0.138. The number of likely N-dealkylation sites (tertiary alicyclic amines) is 1. The number of aromatic nitrogens is 1. The van der Waals surface area contributed by atoms with Gasteiger partial charge >= 0.3 is 6.03 Å². The molecule has 1 aliphatic rings. The van der Waals surface area contributed by atoms with E-state index >= 15 is 0 Å². The summed E-state index contributed by atoms with van der Waals surface area (Å²) in [5, 5.41) is 8.17. The predicted molar refractivity (Wildman–Crippen MR) is 125 cm³/mol. The van der Waals surface area contributed by atoms with Crippen LogP contribution in [0.1, 0.15) is 50.1 Å². The minimum absolute atomic E-state index is 0.130. The van der Waals surface area contributed by atoms with Crippen molar-refractivity contribution >= 4 is 23.2 Å². The molecule has 1 saturated heterocycles. The summed E-state index contributed by atoms with van der Waals surface area (Å²) in [6.07, 6.45) is 4.30. The van der Waals surface area contributed by atoms with Gasteiger partial charge in [0, 0.05) is 37.3 Å². The molecule has 3 rings (SSSR count). The molecule has 2 aromatic rings. The Balaban J connectivity index is 1.49. The molecule has 164 valence electrons. The smallest absolute Gasteiger partial charge is 0.315 e. The highest BCUT2D eigenvalue weighted by Gasteiger charge is 2.25. The van der Waals surface area contributed by atoms with Crippen molar-refractivity contribution in [2.24, 2.45) is 5.92 Å². The normalized spacial score (nSPS) is 16.2. The standard InChI is InChI=1S/C23H35N5OS/c1-4-27(5-2)22-9-8-19(15-24-22)16-25-23(29)26-17-20(21-7-6-14-30-21)28-12-10-18(3)11-13-28/h6-9,14-15,18,20H,4-5,10-13,16-17H2,1-3H3,(H2,25,26,29). The second kappa shape index (κ2) is 11.3. The van der Waals surface area contributed by atoms with Gasteiger partial charge in [0.2, 0.25) is 0 Å². The highest BCUT2D eigenvalue weighted by atomic mass is 32.1. The third kappa shape index (κ3) is 6.19. The van der Waals surface area contributed by atoms with Crippen LogP contribution in [0.15, 0.2) is 35.8 Å². The number of carbonyl (C=O) groups excluding carboxylic acids is 1. The summed E-state index contributed by atoms with van der Waals surface area (Å²) in [7, 11) is 0. The Labute approximate surface area is 184 Å². The Morgan fingerprint density at radius 2 is 2.00 bits per heavy atom. The number of thiophene rings is 1. The molecule has 2 aromatic heterocycles. The van der Waals surface area contributed by atoms with E-state index in [1.807, 2.05) is 18.3 Å². The Morgan fingerprint density at radius 3 is 2.60 bits per heavy atom. The fraction of sp³-hybridized carbons (Fsp3) is 0.565. The summed E-state index contributed by atoms with van der Waals surface area (Å²) in [6.45, 7) is 11.7. The second-order valence-corrected chi connectivity index (χ2v) is 8.99. The lowest BCUT2D eigenvalue weighted by atomic mass is 9.97. The molecule has 1 aliphatic heterocycles. The molecule has 7 heteroatoms. The number of amides is 2. The fourth-order valence-corrected chi connectivity index (χ4v) is 4.78. The van der Waals surface area contributed by atoms with Crippen LogP contribution < -0.4 is 15.5 Å². The average molecular weight is 430 g/mol. The van der Waals surface area contributed by atoms with E-state index in [4.69, 9.17) is 0 Å². The minimum Gasteiger partial charge on any atom is -0.357 e. The predicted octanol–water partition coefficient (Wildman–Crippen LogP) is 4.26. The third-order valence-corrected chi connectivity index (χ3v) is 6.91. The molecule has 0 radical (unpaired) electrons. The number of urea groups is 1. The highest BCUT2D eigenvalue weighted by Crippen LogP contribution is 2.29. The van der Waals surface area contributed by atoms with Crippen LogP contribution in [0.4, 0.5) is 10.6 Å². The van der Waals surface area contributed by atoms with Gasteiger partial charge < -0.3 is 15.5 Å². The lowest BCUT2D eigenvalue weighted by Gasteiger charge is -2.36. The molecule has 1 unspecified atom stereocenters. The first-order valence-corrected chi connectivity index (χ1v) is 12.0. The Morgan fingerprint density at radius 1 is 1.23 bits per heavy atom. The van der Waals surface area contributed by atoms with E-state index in [1.165, 1.54) is 17.7 Å². The zero-order valence-corrected chi connectivity index (χ0v) is 19.3. The van der Waals surface area contributed by atoms with E-state index in [0.29, 0.717) is 13.1 Å². The molecule has 0 saturated carbocycles. The van der Waals surface area contributed by atoms with Gasteiger partial charge in [-0.1, -0.05) is 19.1 Å². The van der Waals surface area contributed by atoms with Crippen LogP contribution in [0.2, 0.25) is 0 Å². The van der Waals surface area contributed by atoms with Crippen LogP contribution in [0, 0.1) is 5.92 Å². The average Bonchev–Trinajstić information content (AvgIpc) is 3.30. The van der Waals surface area contributed by atoms with Gasteiger partial charge in [-0.15, -0.1) is 11.3 Å². The summed E-state index contributed by atoms with van der Waals surface area (Å²) in [4.78, 5) is 23.0. The fourth-order valence-electron chi connectivity index (χ4n) is 3.92. The van der Waals surface area contributed by atoms with Gasteiger partial charge in [-0.05, 0) is 68.8 Å². The van der Waals surface area contributed by atoms with Crippen molar-refractivity contribution in [1.29, 1.82) is 0 Å².